The van der Waals surface area contributed by atoms with Gasteiger partial charge in [-0.15, -0.1) is 0 Å². The Morgan fingerprint density at radius 2 is 2.07 bits per heavy atom. The molecule has 1 aromatic carbocycles. The van der Waals surface area contributed by atoms with Crippen LogP contribution in [0.1, 0.15) is 38.9 Å². The number of aliphatic hydroxyl groups is 1. The molecule has 0 amide bonds. The summed E-state index contributed by atoms with van der Waals surface area (Å²) in [6.07, 6.45) is 0.0479. The van der Waals surface area contributed by atoms with Gasteiger partial charge in [0.2, 0.25) is 0 Å². The summed E-state index contributed by atoms with van der Waals surface area (Å²) >= 11 is 5.93. The van der Waals surface area contributed by atoms with Crippen molar-refractivity contribution >= 4 is 11.6 Å². The Balaban J connectivity index is 3.10. The summed E-state index contributed by atoms with van der Waals surface area (Å²) in [5, 5.41) is 10.5. The van der Waals surface area contributed by atoms with Gasteiger partial charge in [-0.25, -0.2) is 4.39 Å². The fourth-order valence-electron chi connectivity index (χ4n) is 1.34. The molecule has 3 heteroatoms. The zero-order valence-corrected chi connectivity index (χ0v) is 9.98. The van der Waals surface area contributed by atoms with Gasteiger partial charge in [-0.1, -0.05) is 32.4 Å². The van der Waals surface area contributed by atoms with Gasteiger partial charge >= 0.3 is 0 Å². The normalized spacial score (nSPS) is 14.0. The largest absolute Gasteiger partial charge is 0.388 e. The molecule has 1 aromatic rings. The van der Waals surface area contributed by atoms with E-state index in [0.717, 1.165) is 6.42 Å². The van der Waals surface area contributed by atoms with Gasteiger partial charge in [-0.3, -0.25) is 0 Å². The standard InChI is InChI=1S/C12H16ClFO/c1-4-12(2,3)11(15)9-7-8(14)5-6-10(9)13/h5-7,11,15H,4H2,1-3H3. The molecule has 0 radical (unpaired) electrons. The maximum absolute atomic E-state index is 13.0. The lowest BCUT2D eigenvalue weighted by molar-refractivity contribution is 0.0464. The molecule has 0 aliphatic carbocycles. The first-order valence-corrected chi connectivity index (χ1v) is 5.39. The van der Waals surface area contributed by atoms with Crippen molar-refractivity contribution in [3.8, 4) is 0 Å². The first-order valence-electron chi connectivity index (χ1n) is 5.01. The topological polar surface area (TPSA) is 20.2 Å². The molecule has 1 nitrogen and oxygen atoms in total. The lowest BCUT2D eigenvalue weighted by Gasteiger charge is -2.30. The van der Waals surface area contributed by atoms with Crippen molar-refractivity contribution in [2.75, 3.05) is 0 Å². The smallest absolute Gasteiger partial charge is 0.123 e. The summed E-state index contributed by atoms with van der Waals surface area (Å²) in [5.41, 5.74) is 0.153. The number of halogens is 2. The second-order valence-corrected chi connectivity index (χ2v) is 4.82. The zero-order chi connectivity index (χ0) is 11.6. The number of hydrogen-bond acceptors (Lipinski definition) is 1. The van der Waals surface area contributed by atoms with Crippen molar-refractivity contribution in [3.63, 3.8) is 0 Å². The quantitative estimate of drug-likeness (QED) is 0.834. The number of hydrogen-bond donors (Lipinski definition) is 1. The lowest BCUT2D eigenvalue weighted by Crippen LogP contribution is -2.21. The molecule has 0 aliphatic rings. The summed E-state index contributed by atoms with van der Waals surface area (Å²) in [7, 11) is 0. The van der Waals surface area contributed by atoms with Crippen LogP contribution in [-0.2, 0) is 0 Å². The van der Waals surface area contributed by atoms with E-state index in [1.165, 1.54) is 18.2 Å². The molecule has 0 aromatic heterocycles. The Morgan fingerprint density at radius 3 is 2.60 bits per heavy atom. The van der Waals surface area contributed by atoms with Crippen molar-refractivity contribution in [2.24, 2.45) is 5.41 Å². The molecule has 0 spiro atoms. The summed E-state index contributed by atoms with van der Waals surface area (Å²) < 4.78 is 13.0. The Kier molecular flexibility index (Phi) is 3.74. The molecule has 1 atom stereocenters. The average Bonchev–Trinajstić information content (AvgIpc) is 2.20. The van der Waals surface area contributed by atoms with Gasteiger partial charge < -0.3 is 5.11 Å². The molecule has 1 rings (SSSR count). The highest BCUT2D eigenvalue weighted by Gasteiger charge is 2.28. The lowest BCUT2D eigenvalue weighted by atomic mass is 9.80. The first kappa shape index (κ1) is 12.5. The van der Waals surface area contributed by atoms with E-state index in [2.05, 4.69) is 0 Å². The second kappa shape index (κ2) is 4.50. The SMILES string of the molecule is CCC(C)(C)C(O)c1cc(F)ccc1Cl. The van der Waals surface area contributed by atoms with Crippen LogP contribution < -0.4 is 0 Å². The van der Waals surface area contributed by atoms with Crippen LogP contribution in [0.5, 0.6) is 0 Å². The molecule has 0 aliphatic heterocycles. The first-order chi connectivity index (χ1) is 6.88. The molecule has 84 valence electrons. The van der Waals surface area contributed by atoms with Gasteiger partial charge in [0, 0.05) is 10.6 Å². The highest BCUT2D eigenvalue weighted by Crippen LogP contribution is 2.38. The fourth-order valence-corrected chi connectivity index (χ4v) is 1.56. The summed E-state index contributed by atoms with van der Waals surface area (Å²) in [6, 6.07) is 4.06. The van der Waals surface area contributed by atoms with Crippen molar-refractivity contribution in [3.05, 3.63) is 34.6 Å². The van der Waals surface area contributed by atoms with E-state index >= 15 is 0 Å². The number of rotatable bonds is 3. The predicted octanol–water partition coefficient (Wildman–Crippen LogP) is 3.95. The van der Waals surface area contributed by atoms with E-state index in [0.29, 0.717) is 10.6 Å². The minimum absolute atomic E-state index is 0.308. The third kappa shape index (κ3) is 2.70. The van der Waals surface area contributed by atoms with Gasteiger partial charge in [0.1, 0.15) is 5.82 Å². The zero-order valence-electron chi connectivity index (χ0n) is 9.22. The summed E-state index contributed by atoms with van der Waals surface area (Å²) in [5.74, 6) is -0.375. The average molecular weight is 231 g/mol. The van der Waals surface area contributed by atoms with Crippen molar-refractivity contribution in [2.45, 2.75) is 33.3 Å². The van der Waals surface area contributed by atoms with E-state index in [9.17, 15) is 9.50 Å². The van der Waals surface area contributed by atoms with Crippen molar-refractivity contribution in [1.29, 1.82) is 0 Å². The van der Waals surface area contributed by atoms with Gasteiger partial charge in [0.05, 0.1) is 6.10 Å². The van der Waals surface area contributed by atoms with E-state index in [-0.39, 0.29) is 11.2 Å². The van der Waals surface area contributed by atoms with E-state index < -0.39 is 6.10 Å². The highest BCUT2D eigenvalue weighted by molar-refractivity contribution is 6.31. The van der Waals surface area contributed by atoms with Crippen LogP contribution in [-0.4, -0.2) is 5.11 Å². The minimum atomic E-state index is -0.745. The molecule has 0 bridgehead atoms. The van der Waals surface area contributed by atoms with Gasteiger partial charge in [-0.2, -0.15) is 0 Å². The van der Waals surface area contributed by atoms with Crippen LogP contribution in [0.3, 0.4) is 0 Å². The number of aliphatic hydroxyl groups excluding tert-OH is 1. The molecular weight excluding hydrogens is 215 g/mol. The van der Waals surface area contributed by atoms with Crippen LogP contribution in [0, 0.1) is 11.2 Å². The third-order valence-electron chi connectivity index (χ3n) is 2.90. The van der Waals surface area contributed by atoms with Crippen LogP contribution in [0.15, 0.2) is 18.2 Å². The van der Waals surface area contributed by atoms with E-state index in [4.69, 9.17) is 11.6 Å². The van der Waals surface area contributed by atoms with Gasteiger partial charge in [0.25, 0.3) is 0 Å². The van der Waals surface area contributed by atoms with E-state index in [1.54, 1.807) is 0 Å². The predicted molar refractivity (Wildman–Crippen MR) is 60.4 cm³/mol. The second-order valence-electron chi connectivity index (χ2n) is 4.41. The summed E-state index contributed by atoms with van der Waals surface area (Å²) in [6.45, 7) is 5.84. The van der Waals surface area contributed by atoms with Crippen molar-refractivity contribution in [1.82, 2.24) is 0 Å². The minimum Gasteiger partial charge on any atom is -0.388 e. The Bertz CT molecular complexity index is 349. The molecule has 1 N–H and O–H groups in total. The molecular formula is C12H16ClFO. The Hall–Kier alpha value is -0.600. The van der Waals surface area contributed by atoms with Crippen LogP contribution >= 0.6 is 11.6 Å². The summed E-state index contributed by atoms with van der Waals surface area (Å²) in [4.78, 5) is 0. The molecule has 0 fully saturated rings. The molecule has 15 heavy (non-hydrogen) atoms. The maximum Gasteiger partial charge on any atom is 0.123 e. The van der Waals surface area contributed by atoms with Gasteiger partial charge in [0.15, 0.2) is 0 Å². The highest BCUT2D eigenvalue weighted by atomic mass is 35.5. The van der Waals surface area contributed by atoms with E-state index in [1.807, 2.05) is 20.8 Å². The maximum atomic E-state index is 13.0. The molecule has 0 saturated heterocycles. The van der Waals surface area contributed by atoms with Gasteiger partial charge in [-0.05, 0) is 30.0 Å². The monoisotopic (exact) mass is 230 g/mol. The Morgan fingerprint density at radius 1 is 1.47 bits per heavy atom. The molecule has 0 heterocycles. The third-order valence-corrected chi connectivity index (χ3v) is 3.25. The van der Waals surface area contributed by atoms with Crippen LogP contribution in [0.4, 0.5) is 4.39 Å². The fraction of sp³-hybridized carbons (Fsp3) is 0.500. The Labute approximate surface area is 94.9 Å². The molecule has 1 unspecified atom stereocenters. The van der Waals surface area contributed by atoms with Crippen LogP contribution in [0.2, 0.25) is 5.02 Å². The molecule has 0 saturated carbocycles. The number of benzene rings is 1. The van der Waals surface area contributed by atoms with Crippen LogP contribution in [0.25, 0.3) is 0 Å². The van der Waals surface area contributed by atoms with Crippen molar-refractivity contribution < 1.29 is 9.50 Å².